The van der Waals surface area contributed by atoms with Gasteiger partial charge in [0.2, 0.25) is 5.56 Å². The number of aliphatic carboxylic acids is 1. The van der Waals surface area contributed by atoms with Gasteiger partial charge in [0.05, 0.1) is 11.6 Å². The average Bonchev–Trinajstić information content (AvgIpc) is 2.38. The number of carboxylic acid groups (broad SMARTS) is 1. The first-order valence-electron chi connectivity index (χ1n) is 5.79. The Kier molecular flexibility index (Phi) is 5.24. The molecule has 0 amide bonds. The van der Waals surface area contributed by atoms with Crippen molar-refractivity contribution < 1.29 is 20.1 Å². The van der Waals surface area contributed by atoms with Crippen LogP contribution in [0.5, 0.6) is 5.75 Å². The predicted molar refractivity (Wildman–Crippen MR) is 73.6 cm³/mol. The highest BCUT2D eigenvalue weighted by Crippen LogP contribution is 2.28. The molecule has 7 nitrogen and oxygen atoms in total. The summed E-state index contributed by atoms with van der Waals surface area (Å²) in [6, 6.07) is 5.91. The maximum atomic E-state index is 11.1. The second-order valence-corrected chi connectivity index (χ2v) is 4.06. The number of aromatic amines is 1. The molecule has 1 aromatic carbocycles. The Balaban J connectivity index is 0.000000444. The van der Waals surface area contributed by atoms with Gasteiger partial charge in [0.15, 0.2) is 0 Å². The van der Waals surface area contributed by atoms with Crippen LogP contribution in [0.4, 0.5) is 0 Å². The highest BCUT2D eigenvalue weighted by Gasteiger charge is 2.12. The van der Waals surface area contributed by atoms with Crippen LogP contribution in [-0.2, 0) is 4.79 Å². The number of pyridine rings is 1. The summed E-state index contributed by atoms with van der Waals surface area (Å²) in [5, 5.41) is 27.3. The molecule has 1 atom stereocenters. The van der Waals surface area contributed by atoms with E-state index < -0.39 is 12.1 Å². The number of aliphatic hydroxyl groups excluding tert-OH is 1. The summed E-state index contributed by atoms with van der Waals surface area (Å²) in [6.07, 6.45) is -0.811. The van der Waals surface area contributed by atoms with Crippen LogP contribution in [0.15, 0.2) is 29.1 Å². The molecular weight excluding hydrogens is 264 g/mol. The Morgan fingerprint density at radius 2 is 1.95 bits per heavy atom. The quantitative estimate of drug-likeness (QED) is 0.537. The van der Waals surface area contributed by atoms with Gasteiger partial charge >= 0.3 is 0 Å². The second kappa shape index (κ2) is 6.69. The fraction of sp³-hybridized carbons (Fsp3) is 0.231. The van der Waals surface area contributed by atoms with Gasteiger partial charge in [-0.2, -0.15) is 0 Å². The van der Waals surface area contributed by atoms with Crippen molar-refractivity contribution in [2.24, 2.45) is 5.73 Å². The third-order valence-corrected chi connectivity index (χ3v) is 2.49. The number of aromatic hydroxyl groups is 1. The number of H-pyrrole nitrogens is 1. The number of nitrogens with one attached hydrogen (secondary N) is 1. The Morgan fingerprint density at radius 3 is 2.50 bits per heavy atom. The summed E-state index contributed by atoms with van der Waals surface area (Å²) in [6.45, 7) is 1.17. The van der Waals surface area contributed by atoms with E-state index in [1.165, 1.54) is 12.1 Å². The summed E-state index contributed by atoms with van der Waals surface area (Å²) in [4.78, 5) is 22.7. The van der Waals surface area contributed by atoms with Crippen LogP contribution in [0.2, 0.25) is 0 Å². The number of phenolic OH excluding ortho intramolecular Hbond substituents is 1. The zero-order valence-electron chi connectivity index (χ0n) is 10.8. The highest BCUT2D eigenvalue weighted by atomic mass is 16.4. The molecule has 0 aliphatic heterocycles. The van der Waals surface area contributed by atoms with E-state index in [2.05, 4.69) is 4.98 Å². The van der Waals surface area contributed by atoms with Gasteiger partial charge in [-0.3, -0.25) is 9.59 Å². The highest BCUT2D eigenvalue weighted by molar-refractivity contribution is 5.87. The van der Waals surface area contributed by atoms with Crippen LogP contribution in [-0.4, -0.2) is 32.8 Å². The zero-order valence-corrected chi connectivity index (χ0v) is 10.8. The molecule has 1 unspecified atom stereocenters. The van der Waals surface area contributed by atoms with Crippen LogP contribution < -0.4 is 11.3 Å². The third kappa shape index (κ3) is 3.81. The Hall–Kier alpha value is -2.38. The standard InChI is InChI=1S/C11H12N2O3.C2H4O2/c12-5-9(15)6-1-3-8(14)11-7(6)2-4-10(16)13-11;1-2(3)4/h1-4,9,14-15H,5,12H2,(H,13,16);1H3,(H,3,4). The molecule has 2 aromatic rings. The second-order valence-electron chi connectivity index (χ2n) is 4.06. The van der Waals surface area contributed by atoms with Crippen molar-refractivity contribution >= 4 is 16.9 Å². The fourth-order valence-electron chi connectivity index (χ4n) is 1.68. The van der Waals surface area contributed by atoms with Gasteiger partial charge < -0.3 is 26.0 Å². The van der Waals surface area contributed by atoms with Crippen molar-refractivity contribution in [3.05, 3.63) is 40.2 Å². The molecule has 0 aliphatic carbocycles. The van der Waals surface area contributed by atoms with E-state index in [4.69, 9.17) is 15.6 Å². The monoisotopic (exact) mass is 280 g/mol. The maximum Gasteiger partial charge on any atom is 0.300 e. The van der Waals surface area contributed by atoms with E-state index in [0.717, 1.165) is 6.92 Å². The number of rotatable bonds is 2. The number of fused-ring (bicyclic) bond motifs is 1. The minimum atomic E-state index is -0.833. The SMILES string of the molecule is CC(=O)O.NCC(O)c1ccc(O)c2[nH]c(=O)ccc12. The molecule has 2 rings (SSSR count). The third-order valence-electron chi connectivity index (χ3n) is 2.49. The lowest BCUT2D eigenvalue weighted by Gasteiger charge is -2.12. The molecule has 1 aromatic heterocycles. The molecule has 7 heteroatoms. The number of carboxylic acids is 1. The molecule has 0 saturated carbocycles. The molecule has 0 spiro atoms. The topological polar surface area (TPSA) is 137 Å². The molecule has 108 valence electrons. The molecular formula is C13H16N2O5. The van der Waals surface area contributed by atoms with Crippen LogP contribution >= 0.6 is 0 Å². The Bertz CT molecular complexity index is 661. The van der Waals surface area contributed by atoms with E-state index in [1.54, 1.807) is 12.1 Å². The Morgan fingerprint density at radius 1 is 1.35 bits per heavy atom. The summed E-state index contributed by atoms with van der Waals surface area (Å²) in [5.74, 6) is -0.860. The number of nitrogens with two attached hydrogens (primary N) is 1. The van der Waals surface area contributed by atoms with E-state index in [1.807, 2.05) is 0 Å². The summed E-state index contributed by atoms with van der Waals surface area (Å²) in [5.41, 5.74) is 5.98. The predicted octanol–water partition coefficient (Wildman–Crippen LogP) is 0.317. The van der Waals surface area contributed by atoms with Crippen LogP contribution in [0.1, 0.15) is 18.6 Å². The minimum absolute atomic E-state index is 0.0272. The molecule has 20 heavy (non-hydrogen) atoms. The molecule has 6 N–H and O–H groups in total. The van der Waals surface area contributed by atoms with Gasteiger partial charge in [0, 0.05) is 24.9 Å². The number of carbonyl (C=O) groups is 1. The first kappa shape index (κ1) is 15.7. The lowest BCUT2D eigenvalue weighted by molar-refractivity contribution is -0.134. The van der Waals surface area contributed by atoms with Crippen LogP contribution in [0.25, 0.3) is 10.9 Å². The van der Waals surface area contributed by atoms with Crippen LogP contribution in [0.3, 0.4) is 0 Å². The van der Waals surface area contributed by atoms with E-state index in [-0.39, 0.29) is 17.9 Å². The van der Waals surface area contributed by atoms with Crippen molar-refractivity contribution in [2.45, 2.75) is 13.0 Å². The maximum absolute atomic E-state index is 11.1. The summed E-state index contributed by atoms with van der Waals surface area (Å²) in [7, 11) is 0. The molecule has 0 aliphatic rings. The summed E-state index contributed by atoms with van der Waals surface area (Å²) >= 11 is 0. The number of benzene rings is 1. The largest absolute Gasteiger partial charge is 0.506 e. The van der Waals surface area contributed by atoms with Crippen molar-refractivity contribution in [1.82, 2.24) is 4.98 Å². The number of phenols is 1. The lowest BCUT2D eigenvalue weighted by Crippen LogP contribution is -2.12. The van der Waals surface area contributed by atoms with Gasteiger partial charge in [-0.05, 0) is 17.7 Å². The van der Waals surface area contributed by atoms with Gasteiger partial charge in [-0.15, -0.1) is 0 Å². The number of hydrogen-bond acceptors (Lipinski definition) is 5. The normalized spacial score (nSPS) is 11.6. The number of aliphatic hydroxyl groups is 1. The average molecular weight is 280 g/mol. The van der Waals surface area contributed by atoms with Crippen molar-refractivity contribution in [3.63, 3.8) is 0 Å². The van der Waals surface area contributed by atoms with E-state index >= 15 is 0 Å². The van der Waals surface area contributed by atoms with E-state index in [0.29, 0.717) is 16.5 Å². The lowest BCUT2D eigenvalue weighted by atomic mass is 10.0. The molecule has 1 heterocycles. The van der Waals surface area contributed by atoms with Gasteiger partial charge in [-0.25, -0.2) is 0 Å². The Labute approximate surface area is 114 Å². The molecule has 0 bridgehead atoms. The van der Waals surface area contributed by atoms with Crippen molar-refractivity contribution in [3.8, 4) is 5.75 Å². The number of hydrogen-bond donors (Lipinski definition) is 5. The van der Waals surface area contributed by atoms with Gasteiger partial charge in [-0.1, -0.05) is 6.07 Å². The first-order valence-corrected chi connectivity index (χ1v) is 5.79. The molecule has 0 radical (unpaired) electrons. The summed E-state index contributed by atoms with van der Waals surface area (Å²) < 4.78 is 0. The zero-order chi connectivity index (χ0) is 15.3. The molecule has 0 saturated heterocycles. The smallest absolute Gasteiger partial charge is 0.300 e. The van der Waals surface area contributed by atoms with Gasteiger partial charge in [0.1, 0.15) is 5.75 Å². The van der Waals surface area contributed by atoms with Crippen molar-refractivity contribution in [1.29, 1.82) is 0 Å². The first-order chi connectivity index (χ1) is 9.36. The fourth-order valence-corrected chi connectivity index (χ4v) is 1.68. The van der Waals surface area contributed by atoms with Crippen molar-refractivity contribution in [2.75, 3.05) is 6.54 Å². The number of aromatic nitrogens is 1. The van der Waals surface area contributed by atoms with Gasteiger partial charge in [0.25, 0.3) is 5.97 Å². The van der Waals surface area contributed by atoms with E-state index in [9.17, 15) is 15.0 Å². The van der Waals surface area contributed by atoms with Crippen LogP contribution in [0, 0.1) is 0 Å². The minimum Gasteiger partial charge on any atom is -0.506 e. The molecule has 0 fully saturated rings.